The molecule has 1 aliphatic rings. The van der Waals surface area contributed by atoms with Crippen LogP contribution in [-0.2, 0) is 4.79 Å². The van der Waals surface area contributed by atoms with Crippen LogP contribution in [0, 0.1) is 11.7 Å². The van der Waals surface area contributed by atoms with Crippen molar-refractivity contribution < 1.29 is 14.0 Å². The molecule has 3 amide bonds. The maximum atomic E-state index is 13.1. The molecule has 0 bridgehead atoms. The number of carbonyl (C=O) groups is 2. The number of carbonyl (C=O) groups excluding carboxylic acids is 2. The first-order valence-electron chi connectivity index (χ1n) is 8.36. The van der Waals surface area contributed by atoms with Crippen LogP contribution in [0.25, 0.3) is 0 Å². The number of halogens is 2. The molecular formula is C17H26ClFN4O2. The zero-order valence-corrected chi connectivity index (χ0v) is 15.0. The van der Waals surface area contributed by atoms with Crippen LogP contribution in [0.5, 0.6) is 0 Å². The minimum atomic E-state index is -0.397. The smallest absolute Gasteiger partial charge is 0.319 e. The average Bonchev–Trinajstić information content (AvgIpc) is 2.58. The average molecular weight is 373 g/mol. The number of nitrogens with one attached hydrogen (secondary N) is 2. The third-order valence-corrected chi connectivity index (χ3v) is 4.10. The van der Waals surface area contributed by atoms with Gasteiger partial charge in [-0.05, 0) is 49.9 Å². The maximum absolute atomic E-state index is 13.1. The van der Waals surface area contributed by atoms with Gasteiger partial charge in [0.1, 0.15) is 5.82 Å². The second-order valence-corrected chi connectivity index (χ2v) is 6.09. The summed E-state index contributed by atoms with van der Waals surface area (Å²) in [6.45, 7) is 2.44. The number of anilines is 1. The van der Waals surface area contributed by atoms with Crippen LogP contribution in [-0.4, -0.2) is 43.0 Å². The van der Waals surface area contributed by atoms with Gasteiger partial charge in [0.25, 0.3) is 0 Å². The maximum Gasteiger partial charge on any atom is 0.319 e. The number of piperidine rings is 1. The van der Waals surface area contributed by atoms with Gasteiger partial charge in [-0.25, -0.2) is 9.18 Å². The second kappa shape index (κ2) is 10.9. The van der Waals surface area contributed by atoms with Crippen LogP contribution in [0.4, 0.5) is 14.9 Å². The van der Waals surface area contributed by atoms with Gasteiger partial charge in [0.05, 0.1) is 0 Å². The standard InChI is InChI=1S/C17H25FN4O2.ClH/c18-14-5-1-6-15(10-14)21-17(24)20-11-13-4-3-9-22(12-13)16(23)7-2-8-19;/h1,5-6,10,13H,2-4,7-9,11-12,19H2,(H2,20,21,24);1H. The Hall–Kier alpha value is -1.86. The van der Waals surface area contributed by atoms with Crippen LogP contribution in [0.3, 0.4) is 0 Å². The quantitative estimate of drug-likeness (QED) is 0.716. The Morgan fingerprint density at radius 3 is 2.88 bits per heavy atom. The van der Waals surface area contributed by atoms with Gasteiger partial charge in [0, 0.05) is 31.7 Å². The number of urea groups is 1. The Balaban J connectivity index is 0.00000312. The lowest BCUT2D eigenvalue weighted by Crippen LogP contribution is -2.44. The number of benzene rings is 1. The van der Waals surface area contributed by atoms with Crippen molar-refractivity contribution in [3.8, 4) is 0 Å². The topological polar surface area (TPSA) is 87.5 Å². The molecule has 140 valence electrons. The van der Waals surface area contributed by atoms with Gasteiger partial charge in [0.15, 0.2) is 0 Å². The minimum Gasteiger partial charge on any atom is -0.342 e. The van der Waals surface area contributed by atoms with E-state index >= 15 is 0 Å². The highest BCUT2D eigenvalue weighted by molar-refractivity contribution is 5.89. The molecule has 0 saturated carbocycles. The second-order valence-electron chi connectivity index (χ2n) is 6.09. The molecule has 1 unspecified atom stereocenters. The van der Waals surface area contributed by atoms with Crippen molar-refractivity contribution in [1.82, 2.24) is 10.2 Å². The van der Waals surface area contributed by atoms with Gasteiger partial charge in [-0.1, -0.05) is 6.07 Å². The molecule has 1 atom stereocenters. The molecule has 1 aromatic carbocycles. The van der Waals surface area contributed by atoms with Crippen molar-refractivity contribution >= 4 is 30.0 Å². The van der Waals surface area contributed by atoms with E-state index in [1.807, 2.05) is 4.90 Å². The lowest BCUT2D eigenvalue weighted by Gasteiger charge is -2.33. The predicted octanol–water partition coefficient (Wildman–Crippen LogP) is 2.35. The van der Waals surface area contributed by atoms with Crippen LogP contribution >= 0.6 is 12.4 Å². The zero-order valence-electron chi connectivity index (χ0n) is 14.2. The molecule has 0 aliphatic carbocycles. The molecule has 2 rings (SSSR count). The summed E-state index contributed by atoms with van der Waals surface area (Å²) in [5.41, 5.74) is 5.85. The molecule has 1 saturated heterocycles. The van der Waals surface area contributed by atoms with Crippen molar-refractivity contribution in [3.05, 3.63) is 30.1 Å². The number of nitrogens with two attached hydrogens (primary N) is 1. The predicted molar refractivity (Wildman–Crippen MR) is 98.3 cm³/mol. The highest BCUT2D eigenvalue weighted by atomic mass is 35.5. The molecule has 6 nitrogen and oxygen atoms in total. The molecule has 4 N–H and O–H groups in total. The van der Waals surface area contributed by atoms with E-state index in [1.54, 1.807) is 6.07 Å². The number of amides is 3. The van der Waals surface area contributed by atoms with Gasteiger partial charge >= 0.3 is 6.03 Å². The Labute approximate surface area is 153 Å². The molecule has 1 heterocycles. The van der Waals surface area contributed by atoms with Crippen molar-refractivity contribution in [3.63, 3.8) is 0 Å². The van der Waals surface area contributed by atoms with E-state index in [2.05, 4.69) is 10.6 Å². The Bertz CT molecular complexity index is 573. The minimum absolute atomic E-state index is 0. The first-order chi connectivity index (χ1) is 11.6. The summed E-state index contributed by atoms with van der Waals surface area (Å²) in [6, 6.07) is 5.38. The van der Waals surface area contributed by atoms with Crippen molar-refractivity contribution in [2.24, 2.45) is 11.7 Å². The molecule has 1 fully saturated rings. The van der Waals surface area contributed by atoms with Crippen LogP contribution < -0.4 is 16.4 Å². The first kappa shape index (κ1) is 21.2. The summed E-state index contributed by atoms with van der Waals surface area (Å²) >= 11 is 0. The van der Waals surface area contributed by atoms with Gasteiger partial charge in [-0.15, -0.1) is 12.4 Å². The van der Waals surface area contributed by atoms with Gasteiger partial charge in [-0.3, -0.25) is 4.79 Å². The molecule has 8 heteroatoms. The van der Waals surface area contributed by atoms with Crippen molar-refractivity contribution in [2.75, 3.05) is 31.5 Å². The molecule has 0 radical (unpaired) electrons. The van der Waals surface area contributed by atoms with E-state index in [0.29, 0.717) is 38.2 Å². The summed E-state index contributed by atoms with van der Waals surface area (Å²) in [4.78, 5) is 25.8. The number of likely N-dealkylation sites (tertiary alicyclic amines) is 1. The highest BCUT2D eigenvalue weighted by Crippen LogP contribution is 2.17. The number of nitrogens with zero attached hydrogens (tertiary/aromatic N) is 1. The van der Waals surface area contributed by atoms with Crippen LogP contribution in [0.2, 0.25) is 0 Å². The van der Waals surface area contributed by atoms with Gasteiger partial charge < -0.3 is 21.3 Å². The van der Waals surface area contributed by atoms with E-state index in [1.165, 1.54) is 18.2 Å². The van der Waals surface area contributed by atoms with Crippen LogP contribution in [0.1, 0.15) is 25.7 Å². The van der Waals surface area contributed by atoms with E-state index < -0.39 is 5.82 Å². The van der Waals surface area contributed by atoms with Crippen LogP contribution in [0.15, 0.2) is 24.3 Å². The largest absolute Gasteiger partial charge is 0.342 e. The van der Waals surface area contributed by atoms with E-state index in [4.69, 9.17) is 5.73 Å². The van der Waals surface area contributed by atoms with Crippen molar-refractivity contribution in [2.45, 2.75) is 25.7 Å². The summed E-state index contributed by atoms with van der Waals surface area (Å²) in [5.74, 6) is -0.0279. The highest BCUT2D eigenvalue weighted by Gasteiger charge is 2.23. The number of hydrogen-bond donors (Lipinski definition) is 3. The number of rotatable bonds is 6. The fraction of sp³-hybridized carbons (Fsp3) is 0.529. The van der Waals surface area contributed by atoms with Crippen molar-refractivity contribution in [1.29, 1.82) is 0 Å². The number of hydrogen-bond acceptors (Lipinski definition) is 3. The third-order valence-electron chi connectivity index (χ3n) is 4.10. The Kier molecular flexibility index (Phi) is 9.23. The van der Waals surface area contributed by atoms with E-state index in [0.717, 1.165) is 19.4 Å². The Morgan fingerprint density at radius 1 is 1.36 bits per heavy atom. The zero-order chi connectivity index (χ0) is 17.4. The first-order valence-corrected chi connectivity index (χ1v) is 8.36. The summed E-state index contributed by atoms with van der Waals surface area (Å²) in [5, 5.41) is 5.39. The van der Waals surface area contributed by atoms with E-state index in [9.17, 15) is 14.0 Å². The summed E-state index contributed by atoms with van der Waals surface area (Å²) < 4.78 is 13.1. The molecule has 1 aliphatic heterocycles. The summed E-state index contributed by atoms with van der Waals surface area (Å²) in [7, 11) is 0. The monoisotopic (exact) mass is 372 g/mol. The Morgan fingerprint density at radius 2 is 2.16 bits per heavy atom. The summed E-state index contributed by atoms with van der Waals surface area (Å²) in [6.07, 6.45) is 3.10. The SMILES string of the molecule is Cl.NCCCC(=O)N1CCCC(CNC(=O)Nc2cccc(F)c2)C1. The molecule has 0 aromatic heterocycles. The molecule has 0 spiro atoms. The van der Waals surface area contributed by atoms with E-state index in [-0.39, 0.29) is 30.3 Å². The lowest BCUT2D eigenvalue weighted by molar-refractivity contribution is -0.133. The van der Waals surface area contributed by atoms with Gasteiger partial charge in [0.2, 0.25) is 5.91 Å². The molecular weight excluding hydrogens is 347 g/mol. The molecule has 25 heavy (non-hydrogen) atoms. The fourth-order valence-corrected chi connectivity index (χ4v) is 2.85. The normalized spacial score (nSPS) is 16.7. The fourth-order valence-electron chi connectivity index (χ4n) is 2.85. The lowest BCUT2D eigenvalue weighted by atomic mass is 9.97. The van der Waals surface area contributed by atoms with Gasteiger partial charge in [-0.2, -0.15) is 0 Å². The molecule has 1 aromatic rings. The third kappa shape index (κ3) is 7.27.